The minimum atomic E-state index is 0.571. The summed E-state index contributed by atoms with van der Waals surface area (Å²) in [6, 6.07) is 1.98. The molecule has 18 heavy (non-hydrogen) atoms. The van der Waals surface area contributed by atoms with Gasteiger partial charge in [-0.05, 0) is 29.7 Å². The van der Waals surface area contributed by atoms with E-state index in [-0.39, 0.29) is 0 Å². The van der Waals surface area contributed by atoms with E-state index in [1.165, 1.54) is 6.42 Å². The number of fused-ring (bicyclic) bond motifs is 1. The van der Waals surface area contributed by atoms with Gasteiger partial charge in [0.05, 0.1) is 0 Å². The normalized spacial score (nSPS) is 24.7. The van der Waals surface area contributed by atoms with E-state index in [9.17, 15) is 0 Å². The first-order chi connectivity index (χ1) is 8.63. The molecule has 0 radical (unpaired) electrons. The van der Waals surface area contributed by atoms with E-state index in [4.69, 9.17) is 11.6 Å². The van der Waals surface area contributed by atoms with Gasteiger partial charge in [-0.25, -0.2) is 9.97 Å². The van der Waals surface area contributed by atoms with Crippen LogP contribution in [0.25, 0.3) is 10.2 Å². The summed E-state index contributed by atoms with van der Waals surface area (Å²) in [5, 5.41) is 3.54. The number of aromatic nitrogens is 2. The van der Waals surface area contributed by atoms with Crippen LogP contribution in [0.15, 0.2) is 11.4 Å². The first-order valence-corrected chi connectivity index (χ1v) is 7.55. The predicted molar refractivity (Wildman–Crippen MR) is 77.6 cm³/mol. The lowest BCUT2D eigenvalue weighted by atomic mass is 9.92. The number of anilines is 1. The minimum absolute atomic E-state index is 0.571. The number of halogens is 1. The SMILES string of the molecule is CC1CC(C)CN(c2nc(Cl)c3ccsc3n2)C1. The van der Waals surface area contributed by atoms with Gasteiger partial charge in [0.15, 0.2) is 0 Å². The molecule has 3 nitrogen and oxygen atoms in total. The summed E-state index contributed by atoms with van der Waals surface area (Å²) in [4.78, 5) is 12.3. The van der Waals surface area contributed by atoms with Crippen LogP contribution in [0, 0.1) is 11.8 Å². The summed E-state index contributed by atoms with van der Waals surface area (Å²) in [6.07, 6.45) is 1.28. The number of nitrogens with zero attached hydrogens (tertiary/aromatic N) is 3. The number of hydrogen-bond acceptors (Lipinski definition) is 4. The molecular weight excluding hydrogens is 266 g/mol. The summed E-state index contributed by atoms with van der Waals surface area (Å²) < 4.78 is 0. The molecule has 5 heteroatoms. The van der Waals surface area contributed by atoms with E-state index < -0.39 is 0 Å². The third-order valence-corrected chi connectivity index (χ3v) is 4.51. The van der Waals surface area contributed by atoms with Crippen molar-refractivity contribution >= 4 is 39.1 Å². The van der Waals surface area contributed by atoms with Gasteiger partial charge in [0.25, 0.3) is 0 Å². The Morgan fingerprint density at radius 1 is 1.28 bits per heavy atom. The van der Waals surface area contributed by atoms with Crippen LogP contribution in [0.5, 0.6) is 0 Å². The van der Waals surface area contributed by atoms with Crippen LogP contribution in [-0.2, 0) is 0 Å². The highest BCUT2D eigenvalue weighted by Crippen LogP contribution is 2.30. The summed E-state index contributed by atoms with van der Waals surface area (Å²) in [5.74, 6) is 2.17. The Kier molecular flexibility index (Phi) is 3.16. The maximum Gasteiger partial charge on any atom is 0.228 e. The molecule has 0 bridgehead atoms. The highest BCUT2D eigenvalue weighted by molar-refractivity contribution is 7.16. The van der Waals surface area contributed by atoms with Gasteiger partial charge in [0.2, 0.25) is 5.95 Å². The van der Waals surface area contributed by atoms with Crippen LogP contribution >= 0.6 is 22.9 Å². The quantitative estimate of drug-likeness (QED) is 0.744. The maximum atomic E-state index is 6.22. The Labute approximate surface area is 116 Å². The van der Waals surface area contributed by atoms with Gasteiger partial charge in [-0.1, -0.05) is 25.4 Å². The highest BCUT2D eigenvalue weighted by Gasteiger charge is 2.24. The Hall–Kier alpha value is -0.870. The number of piperidine rings is 1. The smallest absolute Gasteiger partial charge is 0.228 e. The lowest BCUT2D eigenvalue weighted by molar-refractivity contribution is 0.354. The van der Waals surface area contributed by atoms with Crippen molar-refractivity contribution in [2.75, 3.05) is 18.0 Å². The van der Waals surface area contributed by atoms with Crippen LogP contribution in [0.3, 0.4) is 0 Å². The molecule has 96 valence electrons. The molecule has 1 aliphatic heterocycles. The van der Waals surface area contributed by atoms with E-state index in [0.29, 0.717) is 17.0 Å². The van der Waals surface area contributed by atoms with Crippen molar-refractivity contribution in [2.45, 2.75) is 20.3 Å². The van der Waals surface area contributed by atoms with Crippen molar-refractivity contribution in [1.82, 2.24) is 9.97 Å². The van der Waals surface area contributed by atoms with Gasteiger partial charge < -0.3 is 4.90 Å². The van der Waals surface area contributed by atoms with Crippen molar-refractivity contribution < 1.29 is 0 Å². The van der Waals surface area contributed by atoms with Crippen molar-refractivity contribution in [3.63, 3.8) is 0 Å². The first kappa shape index (κ1) is 12.2. The molecule has 0 aromatic carbocycles. The summed E-state index contributed by atoms with van der Waals surface area (Å²) >= 11 is 7.84. The van der Waals surface area contributed by atoms with Crippen LogP contribution in [0.4, 0.5) is 5.95 Å². The van der Waals surface area contributed by atoms with Gasteiger partial charge in [-0.3, -0.25) is 0 Å². The lowest BCUT2D eigenvalue weighted by Crippen LogP contribution is -2.39. The third-order valence-electron chi connectivity index (χ3n) is 3.42. The Morgan fingerprint density at radius 3 is 2.72 bits per heavy atom. The molecule has 0 amide bonds. The second-order valence-corrected chi connectivity index (χ2v) is 6.56. The fourth-order valence-electron chi connectivity index (χ4n) is 2.78. The van der Waals surface area contributed by atoms with Crippen LogP contribution in [-0.4, -0.2) is 23.1 Å². The van der Waals surface area contributed by atoms with E-state index in [1.807, 2.05) is 11.4 Å². The van der Waals surface area contributed by atoms with Gasteiger partial charge in [-0.2, -0.15) is 0 Å². The maximum absolute atomic E-state index is 6.22. The van der Waals surface area contributed by atoms with Crippen molar-refractivity contribution in [3.8, 4) is 0 Å². The van der Waals surface area contributed by atoms with E-state index in [0.717, 1.165) is 29.3 Å². The zero-order chi connectivity index (χ0) is 12.7. The number of thiophene rings is 1. The van der Waals surface area contributed by atoms with Crippen molar-refractivity contribution in [2.24, 2.45) is 11.8 Å². The van der Waals surface area contributed by atoms with Gasteiger partial charge in [0, 0.05) is 18.5 Å². The van der Waals surface area contributed by atoms with Gasteiger partial charge in [0.1, 0.15) is 9.98 Å². The van der Waals surface area contributed by atoms with Gasteiger partial charge in [-0.15, -0.1) is 11.3 Å². The first-order valence-electron chi connectivity index (χ1n) is 6.29. The van der Waals surface area contributed by atoms with Crippen LogP contribution in [0.2, 0.25) is 5.15 Å². The molecule has 0 aliphatic carbocycles. The Morgan fingerprint density at radius 2 is 2.00 bits per heavy atom. The molecule has 3 heterocycles. The molecule has 1 saturated heterocycles. The molecule has 0 N–H and O–H groups in total. The molecule has 1 fully saturated rings. The van der Waals surface area contributed by atoms with E-state index in [2.05, 4.69) is 28.7 Å². The van der Waals surface area contributed by atoms with Gasteiger partial charge >= 0.3 is 0 Å². The topological polar surface area (TPSA) is 29.0 Å². The summed E-state index contributed by atoms with van der Waals surface area (Å²) in [7, 11) is 0. The molecule has 0 spiro atoms. The zero-order valence-electron chi connectivity index (χ0n) is 10.6. The second kappa shape index (κ2) is 4.67. The largest absolute Gasteiger partial charge is 0.340 e. The third kappa shape index (κ3) is 2.19. The average molecular weight is 282 g/mol. The molecular formula is C13H16ClN3S. The van der Waals surface area contributed by atoms with Crippen molar-refractivity contribution in [1.29, 1.82) is 0 Å². The molecule has 3 rings (SSSR count). The monoisotopic (exact) mass is 281 g/mol. The van der Waals surface area contributed by atoms with Crippen LogP contribution in [0.1, 0.15) is 20.3 Å². The molecule has 2 aromatic rings. The number of rotatable bonds is 1. The highest BCUT2D eigenvalue weighted by atomic mass is 35.5. The second-order valence-electron chi connectivity index (χ2n) is 5.30. The average Bonchev–Trinajstić information content (AvgIpc) is 2.76. The number of hydrogen-bond donors (Lipinski definition) is 0. The zero-order valence-corrected chi connectivity index (χ0v) is 12.1. The predicted octanol–water partition coefficient (Wildman–Crippen LogP) is 3.83. The molecule has 1 aliphatic rings. The van der Waals surface area contributed by atoms with Crippen molar-refractivity contribution in [3.05, 3.63) is 16.6 Å². The Bertz CT molecular complexity index is 558. The molecule has 0 saturated carbocycles. The fraction of sp³-hybridized carbons (Fsp3) is 0.538. The standard InChI is InChI=1S/C13H16ClN3S/c1-8-5-9(2)7-17(6-8)13-15-11(14)10-3-4-18-12(10)16-13/h3-4,8-9H,5-7H2,1-2H3. The van der Waals surface area contributed by atoms with Crippen LogP contribution < -0.4 is 4.90 Å². The summed E-state index contributed by atoms with van der Waals surface area (Å²) in [6.45, 7) is 6.62. The molecule has 2 atom stereocenters. The molecule has 2 unspecified atom stereocenters. The molecule has 2 aromatic heterocycles. The van der Waals surface area contributed by atoms with E-state index >= 15 is 0 Å². The van der Waals surface area contributed by atoms with E-state index in [1.54, 1.807) is 11.3 Å². The summed E-state index contributed by atoms with van der Waals surface area (Å²) in [5.41, 5.74) is 0. The Balaban J connectivity index is 1.98. The minimum Gasteiger partial charge on any atom is -0.340 e. The fourth-order valence-corrected chi connectivity index (χ4v) is 3.82. The lowest BCUT2D eigenvalue weighted by Gasteiger charge is -2.34.